The molecule has 1 aliphatic rings. The summed E-state index contributed by atoms with van der Waals surface area (Å²) in [5.41, 5.74) is 2.37. The first-order valence-corrected chi connectivity index (χ1v) is 10.2. The fourth-order valence-electron chi connectivity index (χ4n) is 3.12. The molecule has 0 aliphatic heterocycles. The maximum Gasteiger partial charge on any atom is 0.237 e. The van der Waals surface area contributed by atoms with E-state index in [0.29, 0.717) is 11.3 Å². The summed E-state index contributed by atoms with van der Waals surface area (Å²) in [6.45, 7) is 3.53. The number of thioether (sulfide) groups is 1. The lowest BCUT2D eigenvalue weighted by atomic mass is 10.2. The second-order valence-electron chi connectivity index (χ2n) is 6.43. The predicted molar refractivity (Wildman–Crippen MR) is 105 cm³/mol. The minimum absolute atomic E-state index is 0.170. The standard InChI is InChI=1S/C19H18FN3OS2/c1-10-6-7-12(8-14(10)20)23-17(24)11(2)25-18-16-13-4-3-5-15(13)26-19(16)22-9-21-18/h6-9,11H,3-5H2,1-2H3,(H,23,24)/t11-/m1/s1. The Morgan fingerprint density at radius 2 is 2.19 bits per heavy atom. The van der Waals surface area contributed by atoms with Gasteiger partial charge in [-0.1, -0.05) is 17.8 Å². The minimum atomic E-state index is -0.352. The molecule has 0 bridgehead atoms. The third kappa shape index (κ3) is 3.21. The number of fused-ring (bicyclic) bond motifs is 3. The van der Waals surface area contributed by atoms with Crippen LogP contribution in [0.2, 0.25) is 0 Å². The van der Waals surface area contributed by atoms with Crippen molar-refractivity contribution in [2.75, 3.05) is 5.32 Å². The lowest BCUT2D eigenvalue weighted by Crippen LogP contribution is -2.22. The summed E-state index contributed by atoms with van der Waals surface area (Å²) in [5.74, 6) is -0.494. The molecular weight excluding hydrogens is 369 g/mol. The summed E-state index contributed by atoms with van der Waals surface area (Å²) >= 11 is 3.16. The average Bonchev–Trinajstić information content (AvgIpc) is 3.19. The van der Waals surface area contributed by atoms with Gasteiger partial charge in [0.15, 0.2) is 0 Å². The molecule has 1 atom stereocenters. The molecule has 2 heterocycles. The van der Waals surface area contributed by atoms with Gasteiger partial charge in [-0.15, -0.1) is 11.3 Å². The lowest BCUT2D eigenvalue weighted by molar-refractivity contribution is -0.115. The van der Waals surface area contributed by atoms with Crippen LogP contribution in [0.25, 0.3) is 10.2 Å². The number of hydrogen-bond acceptors (Lipinski definition) is 5. The van der Waals surface area contributed by atoms with Crippen LogP contribution in [-0.2, 0) is 17.6 Å². The first kappa shape index (κ1) is 17.4. The number of benzene rings is 1. The number of amides is 1. The summed E-state index contributed by atoms with van der Waals surface area (Å²) in [5, 5.41) is 4.39. The van der Waals surface area contributed by atoms with Crippen molar-refractivity contribution >= 4 is 44.9 Å². The normalized spacial score (nSPS) is 14.4. The van der Waals surface area contributed by atoms with E-state index < -0.39 is 0 Å². The lowest BCUT2D eigenvalue weighted by Gasteiger charge is -2.13. The molecule has 1 amide bonds. The SMILES string of the molecule is Cc1ccc(NC(=O)[C@@H](C)Sc2ncnc3sc4c(c23)CCC4)cc1F. The number of carbonyl (C=O) groups is 1. The Hall–Kier alpha value is -1.99. The molecular formula is C19H18FN3OS2. The number of hydrogen-bond donors (Lipinski definition) is 1. The van der Waals surface area contributed by atoms with Crippen LogP contribution >= 0.6 is 23.1 Å². The van der Waals surface area contributed by atoms with Crippen molar-refractivity contribution in [3.05, 3.63) is 46.3 Å². The van der Waals surface area contributed by atoms with Gasteiger partial charge in [-0.3, -0.25) is 4.79 Å². The van der Waals surface area contributed by atoms with E-state index in [2.05, 4.69) is 15.3 Å². The summed E-state index contributed by atoms with van der Waals surface area (Å²) in [6, 6.07) is 4.72. The number of aromatic nitrogens is 2. The smallest absolute Gasteiger partial charge is 0.237 e. The van der Waals surface area contributed by atoms with Crippen LogP contribution < -0.4 is 5.32 Å². The Labute approximate surface area is 159 Å². The van der Waals surface area contributed by atoms with Gasteiger partial charge in [0.05, 0.1) is 5.25 Å². The van der Waals surface area contributed by atoms with Crippen molar-refractivity contribution in [3.63, 3.8) is 0 Å². The van der Waals surface area contributed by atoms with Gasteiger partial charge in [-0.05, 0) is 56.4 Å². The molecule has 0 fully saturated rings. The van der Waals surface area contributed by atoms with Crippen molar-refractivity contribution < 1.29 is 9.18 Å². The predicted octanol–water partition coefficient (Wildman–Crippen LogP) is 4.75. The Bertz CT molecular complexity index is 1000. The molecule has 0 saturated heterocycles. The molecule has 26 heavy (non-hydrogen) atoms. The van der Waals surface area contributed by atoms with E-state index in [9.17, 15) is 9.18 Å². The number of thiophene rings is 1. The number of carbonyl (C=O) groups excluding carboxylic acids is 1. The number of nitrogens with one attached hydrogen (secondary N) is 1. The van der Waals surface area contributed by atoms with Crippen LogP contribution in [0, 0.1) is 12.7 Å². The number of anilines is 1. The number of rotatable bonds is 4. The molecule has 134 valence electrons. The van der Waals surface area contributed by atoms with E-state index in [1.807, 2.05) is 6.92 Å². The van der Waals surface area contributed by atoms with Gasteiger partial charge in [0.25, 0.3) is 0 Å². The van der Waals surface area contributed by atoms with Crippen LogP contribution in [0.5, 0.6) is 0 Å². The van der Waals surface area contributed by atoms with Crippen molar-refractivity contribution in [1.29, 1.82) is 0 Å². The van der Waals surface area contributed by atoms with Gasteiger partial charge >= 0.3 is 0 Å². The van der Waals surface area contributed by atoms with Crippen LogP contribution in [0.15, 0.2) is 29.6 Å². The zero-order chi connectivity index (χ0) is 18.3. The van der Waals surface area contributed by atoms with E-state index >= 15 is 0 Å². The van der Waals surface area contributed by atoms with E-state index in [1.165, 1.54) is 34.7 Å². The summed E-state index contributed by atoms with van der Waals surface area (Å²) in [4.78, 5) is 23.7. The second kappa shape index (κ2) is 6.96. The third-order valence-electron chi connectivity index (χ3n) is 4.56. The largest absolute Gasteiger partial charge is 0.325 e. The number of halogens is 1. The molecule has 4 rings (SSSR count). The molecule has 3 aromatic rings. The highest BCUT2D eigenvalue weighted by Crippen LogP contribution is 2.40. The van der Waals surface area contributed by atoms with Crippen LogP contribution in [-0.4, -0.2) is 21.1 Å². The van der Waals surface area contributed by atoms with Crippen molar-refractivity contribution in [2.45, 2.75) is 43.4 Å². The topological polar surface area (TPSA) is 54.9 Å². The quantitative estimate of drug-likeness (QED) is 0.519. The molecule has 7 heteroatoms. The fourth-order valence-corrected chi connectivity index (χ4v) is 5.36. The van der Waals surface area contributed by atoms with Crippen LogP contribution in [0.4, 0.5) is 10.1 Å². The summed E-state index contributed by atoms with van der Waals surface area (Å²) in [6.07, 6.45) is 4.90. The summed E-state index contributed by atoms with van der Waals surface area (Å²) < 4.78 is 13.7. The minimum Gasteiger partial charge on any atom is -0.325 e. The zero-order valence-corrected chi connectivity index (χ0v) is 16.1. The Balaban J connectivity index is 1.54. The van der Waals surface area contributed by atoms with E-state index in [-0.39, 0.29) is 17.0 Å². The second-order valence-corrected chi connectivity index (χ2v) is 8.84. The van der Waals surface area contributed by atoms with E-state index in [4.69, 9.17) is 0 Å². The van der Waals surface area contributed by atoms with Gasteiger partial charge in [-0.2, -0.15) is 0 Å². The molecule has 2 aromatic heterocycles. The van der Waals surface area contributed by atoms with Crippen molar-refractivity contribution in [3.8, 4) is 0 Å². The highest BCUT2D eigenvalue weighted by molar-refractivity contribution is 8.00. The monoisotopic (exact) mass is 387 g/mol. The average molecular weight is 388 g/mol. The maximum absolute atomic E-state index is 13.7. The van der Waals surface area contributed by atoms with Gasteiger partial charge in [-0.25, -0.2) is 14.4 Å². The number of nitrogens with zero attached hydrogens (tertiary/aromatic N) is 2. The zero-order valence-electron chi connectivity index (χ0n) is 14.5. The van der Waals surface area contributed by atoms with Crippen LogP contribution in [0.1, 0.15) is 29.3 Å². The van der Waals surface area contributed by atoms with E-state index in [0.717, 1.165) is 28.1 Å². The molecule has 4 nitrogen and oxygen atoms in total. The molecule has 0 spiro atoms. The molecule has 1 N–H and O–H groups in total. The molecule has 0 unspecified atom stereocenters. The Morgan fingerprint density at radius 3 is 3.00 bits per heavy atom. The van der Waals surface area contributed by atoms with Crippen molar-refractivity contribution in [1.82, 2.24) is 9.97 Å². The van der Waals surface area contributed by atoms with Crippen LogP contribution in [0.3, 0.4) is 0 Å². The number of aryl methyl sites for hydroxylation is 3. The molecule has 1 aromatic carbocycles. The molecule has 0 radical (unpaired) electrons. The highest BCUT2D eigenvalue weighted by Gasteiger charge is 2.24. The molecule has 1 aliphatic carbocycles. The fraction of sp³-hybridized carbons (Fsp3) is 0.316. The molecule has 0 saturated carbocycles. The first-order chi connectivity index (χ1) is 12.5. The third-order valence-corrected chi connectivity index (χ3v) is 6.86. The Morgan fingerprint density at radius 1 is 1.35 bits per heavy atom. The van der Waals surface area contributed by atoms with Crippen molar-refractivity contribution in [2.24, 2.45) is 0 Å². The van der Waals surface area contributed by atoms with Gasteiger partial charge in [0, 0.05) is 16.0 Å². The van der Waals surface area contributed by atoms with Gasteiger partial charge in [0.1, 0.15) is 22.0 Å². The summed E-state index contributed by atoms with van der Waals surface area (Å²) in [7, 11) is 0. The van der Waals surface area contributed by atoms with Gasteiger partial charge < -0.3 is 5.32 Å². The Kier molecular flexibility index (Phi) is 4.67. The maximum atomic E-state index is 13.7. The van der Waals surface area contributed by atoms with E-state index in [1.54, 1.807) is 36.7 Å². The highest BCUT2D eigenvalue weighted by atomic mass is 32.2. The van der Waals surface area contributed by atoms with Gasteiger partial charge in [0.2, 0.25) is 5.91 Å². The first-order valence-electron chi connectivity index (χ1n) is 8.52.